The van der Waals surface area contributed by atoms with Gasteiger partial charge in [0.2, 0.25) is 5.91 Å². The molecule has 88 valence electrons. The zero-order valence-electron chi connectivity index (χ0n) is 9.15. The molecule has 6 heteroatoms. The fraction of sp³-hybridized carbons (Fsp3) is 0.400. The van der Waals surface area contributed by atoms with Gasteiger partial charge in [-0.15, -0.1) is 11.3 Å². The van der Waals surface area contributed by atoms with Gasteiger partial charge in [0.25, 0.3) is 5.91 Å². The number of nitrogens with two attached hydrogens (primary N) is 1. The summed E-state index contributed by atoms with van der Waals surface area (Å²) in [6, 6.07) is 1.42. The topological polar surface area (TPSA) is 81.4 Å². The molecular weight excluding hydrogens is 228 g/mol. The van der Waals surface area contributed by atoms with Gasteiger partial charge in [-0.25, -0.2) is 0 Å². The molecule has 1 aromatic heterocycles. The highest BCUT2D eigenvalue weighted by atomic mass is 32.1. The van der Waals surface area contributed by atoms with Crippen molar-refractivity contribution >= 4 is 23.2 Å². The fourth-order valence-corrected chi connectivity index (χ4v) is 1.97. The van der Waals surface area contributed by atoms with Crippen LogP contribution in [0.1, 0.15) is 27.0 Å². The summed E-state index contributed by atoms with van der Waals surface area (Å²) in [5.74, 6) is -0.748. The Morgan fingerprint density at radius 1 is 1.62 bits per heavy atom. The van der Waals surface area contributed by atoms with E-state index in [4.69, 9.17) is 10.5 Å². The number of hydrogen-bond donors (Lipinski definition) is 2. The summed E-state index contributed by atoms with van der Waals surface area (Å²) in [5, 5.41) is 4.31. The fourth-order valence-electron chi connectivity index (χ4n) is 1.17. The molecule has 2 amide bonds. The second kappa shape index (κ2) is 5.62. The number of ether oxygens (including phenoxy) is 1. The molecule has 3 N–H and O–H groups in total. The van der Waals surface area contributed by atoms with E-state index in [0.717, 1.165) is 0 Å². The Kier molecular flexibility index (Phi) is 4.45. The van der Waals surface area contributed by atoms with Crippen LogP contribution in [-0.4, -0.2) is 31.6 Å². The molecule has 0 aromatic carbocycles. The summed E-state index contributed by atoms with van der Waals surface area (Å²) in [5.41, 5.74) is 5.45. The molecule has 0 aliphatic rings. The van der Waals surface area contributed by atoms with Crippen molar-refractivity contribution in [3.8, 4) is 0 Å². The van der Waals surface area contributed by atoms with Crippen molar-refractivity contribution < 1.29 is 14.3 Å². The maximum Gasteiger partial charge on any atom is 0.261 e. The molecule has 1 heterocycles. The minimum atomic E-state index is -0.528. The Labute approximate surface area is 97.6 Å². The summed E-state index contributed by atoms with van der Waals surface area (Å²) >= 11 is 1.19. The minimum Gasteiger partial charge on any atom is -0.383 e. The molecule has 0 bridgehead atoms. The lowest BCUT2D eigenvalue weighted by molar-refractivity contribution is 0.0909. The third kappa shape index (κ3) is 3.32. The van der Waals surface area contributed by atoms with Crippen molar-refractivity contribution in [1.29, 1.82) is 0 Å². The second-order valence-corrected chi connectivity index (χ2v) is 4.30. The largest absolute Gasteiger partial charge is 0.383 e. The van der Waals surface area contributed by atoms with Crippen LogP contribution in [0.5, 0.6) is 0 Å². The SMILES string of the molecule is COC[C@@H](C)NC(=O)c1cc(C(N)=O)cs1. The number of carbonyl (C=O) groups excluding carboxylic acids is 2. The normalized spacial score (nSPS) is 12.1. The molecule has 0 saturated carbocycles. The molecule has 0 aliphatic heterocycles. The van der Waals surface area contributed by atoms with E-state index < -0.39 is 5.91 Å². The highest BCUT2D eigenvalue weighted by Crippen LogP contribution is 2.14. The van der Waals surface area contributed by atoms with Crippen LogP contribution in [0.2, 0.25) is 0 Å². The quantitative estimate of drug-likeness (QED) is 0.793. The average molecular weight is 242 g/mol. The van der Waals surface area contributed by atoms with Gasteiger partial charge in [-0.1, -0.05) is 0 Å². The van der Waals surface area contributed by atoms with Crippen LogP contribution in [0.15, 0.2) is 11.4 Å². The molecule has 1 aromatic rings. The number of methoxy groups -OCH3 is 1. The van der Waals surface area contributed by atoms with Crippen molar-refractivity contribution in [2.24, 2.45) is 5.73 Å². The van der Waals surface area contributed by atoms with E-state index in [-0.39, 0.29) is 11.9 Å². The lowest BCUT2D eigenvalue weighted by atomic mass is 10.3. The van der Waals surface area contributed by atoms with E-state index in [1.165, 1.54) is 17.4 Å². The molecule has 1 atom stereocenters. The first kappa shape index (κ1) is 12.7. The maximum atomic E-state index is 11.7. The molecule has 0 radical (unpaired) electrons. The summed E-state index contributed by atoms with van der Waals surface area (Å²) < 4.78 is 4.90. The third-order valence-electron chi connectivity index (χ3n) is 1.90. The number of nitrogens with one attached hydrogen (secondary N) is 1. The van der Waals surface area contributed by atoms with Gasteiger partial charge < -0.3 is 15.8 Å². The van der Waals surface area contributed by atoms with E-state index in [2.05, 4.69) is 5.32 Å². The number of carbonyl (C=O) groups is 2. The Hall–Kier alpha value is -1.40. The van der Waals surface area contributed by atoms with Crippen molar-refractivity contribution in [1.82, 2.24) is 5.32 Å². The molecular formula is C10H14N2O3S. The van der Waals surface area contributed by atoms with Crippen LogP contribution >= 0.6 is 11.3 Å². The van der Waals surface area contributed by atoms with Gasteiger partial charge in [0.05, 0.1) is 17.0 Å². The van der Waals surface area contributed by atoms with E-state index >= 15 is 0 Å². The van der Waals surface area contributed by atoms with Crippen molar-refractivity contribution in [3.05, 3.63) is 21.9 Å². The van der Waals surface area contributed by atoms with Crippen LogP contribution in [0.3, 0.4) is 0 Å². The van der Waals surface area contributed by atoms with Crippen molar-refractivity contribution in [2.75, 3.05) is 13.7 Å². The zero-order chi connectivity index (χ0) is 12.1. The molecule has 1 rings (SSSR count). The number of primary amides is 1. The molecule has 0 aliphatic carbocycles. The van der Waals surface area contributed by atoms with Crippen LogP contribution < -0.4 is 11.1 Å². The van der Waals surface area contributed by atoms with E-state index in [1.54, 1.807) is 12.5 Å². The highest BCUT2D eigenvalue weighted by molar-refractivity contribution is 7.12. The maximum absolute atomic E-state index is 11.7. The second-order valence-electron chi connectivity index (χ2n) is 3.39. The van der Waals surface area contributed by atoms with E-state index in [9.17, 15) is 9.59 Å². The number of hydrogen-bond acceptors (Lipinski definition) is 4. The van der Waals surface area contributed by atoms with Gasteiger partial charge in [0.1, 0.15) is 0 Å². The van der Waals surface area contributed by atoms with Gasteiger partial charge >= 0.3 is 0 Å². The number of amides is 2. The number of rotatable bonds is 5. The Bertz CT molecular complexity index is 389. The first-order chi connectivity index (χ1) is 7.54. The smallest absolute Gasteiger partial charge is 0.261 e. The zero-order valence-corrected chi connectivity index (χ0v) is 9.97. The summed E-state index contributed by atoms with van der Waals surface area (Å²) in [4.78, 5) is 23.0. The van der Waals surface area contributed by atoms with Gasteiger partial charge in [-0.3, -0.25) is 9.59 Å². The lowest BCUT2D eigenvalue weighted by Crippen LogP contribution is -2.35. The van der Waals surface area contributed by atoms with Crippen LogP contribution in [0.4, 0.5) is 0 Å². The van der Waals surface area contributed by atoms with Gasteiger partial charge in [0.15, 0.2) is 0 Å². The van der Waals surface area contributed by atoms with Crippen LogP contribution in [0, 0.1) is 0 Å². The monoisotopic (exact) mass is 242 g/mol. The van der Waals surface area contributed by atoms with Gasteiger partial charge in [-0.2, -0.15) is 0 Å². The Morgan fingerprint density at radius 3 is 2.81 bits per heavy atom. The van der Waals surface area contributed by atoms with Crippen molar-refractivity contribution in [3.63, 3.8) is 0 Å². The molecule has 0 fully saturated rings. The molecule has 0 unspecified atom stereocenters. The van der Waals surface area contributed by atoms with Gasteiger partial charge in [-0.05, 0) is 13.0 Å². The van der Waals surface area contributed by atoms with E-state index in [1.807, 2.05) is 6.92 Å². The molecule has 5 nitrogen and oxygen atoms in total. The average Bonchev–Trinajstić information content (AvgIpc) is 2.66. The summed E-state index contributed by atoms with van der Waals surface area (Å²) in [6.45, 7) is 2.28. The first-order valence-corrected chi connectivity index (χ1v) is 5.60. The van der Waals surface area contributed by atoms with Gasteiger partial charge in [0, 0.05) is 18.5 Å². The van der Waals surface area contributed by atoms with Crippen molar-refractivity contribution in [2.45, 2.75) is 13.0 Å². The van der Waals surface area contributed by atoms with E-state index in [0.29, 0.717) is 17.0 Å². The minimum absolute atomic E-state index is 0.0726. The summed E-state index contributed by atoms with van der Waals surface area (Å²) in [7, 11) is 1.57. The molecule has 0 saturated heterocycles. The molecule has 0 spiro atoms. The summed E-state index contributed by atoms with van der Waals surface area (Å²) in [6.07, 6.45) is 0. The number of thiophene rings is 1. The van der Waals surface area contributed by atoms with Crippen LogP contribution in [-0.2, 0) is 4.74 Å². The lowest BCUT2D eigenvalue weighted by Gasteiger charge is -2.11. The standard InChI is InChI=1S/C10H14N2O3S/c1-6(4-15-2)12-10(14)8-3-7(5-16-8)9(11)13/h3,5-6H,4H2,1-2H3,(H2,11,13)(H,12,14)/t6-/m1/s1. The third-order valence-corrected chi connectivity index (χ3v) is 2.83. The highest BCUT2D eigenvalue weighted by Gasteiger charge is 2.13. The predicted octanol–water partition coefficient (Wildman–Crippen LogP) is 0.612. The molecule has 16 heavy (non-hydrogen) atoms. The predicted molar refractivity (Wildman–Crippen MR) is 61.6 cm³/mol. The Morgan fingerprint density at radius 2 is 2.31 bits per heavy atom. The van der Waals surface area contributed by atoms with Crippen LogP contribution in [0.25, 0.3) is 0 Å². The Balaban J connectivity index is 2.62. The first-order valence-electron chi connectivity index (χ1n) is 4.72.